The summed E-state index contributed by atoms with van der Waals surface area (Å²) in [6, 6.07) is 0. The number of carbonyl (C=O) groups is 1. The standard InChI is InChI=1S/C11H24IN3O/c1-12(2)15-9-7-14(8-10-15)11(16)5-6-13(3)4/h5-10H2,1-4H3. The first-order chi connectivity index (χ1) is 7.50. The van der Waals surface area contributed by atoms with E-state index in [-0.39, 0.29) is 0 Å². The van der Waals surface area contributed by atoms with E-state index in [1.54, 1.807) is 0 Å². The van der Waals surface area contributed by atoms with Crippen LogP contribution in [0.1, 0.15) is 6.42 Å². The van der Waals surface area contributed by atoms with E-state index in [1.807, 2.05) is 19.0 Å². The molecule has 1 saturated heterocycles. The predicted octanol–water partition coefficient (Wildman–Crippen LogP) is 0.763. The third-order valence-corrected chi connectivity index (χ3v) is 6.52. The molecule has 0 aromatic carbocycles. The second kappa shape index (κ2) is 6.76. The molecule has 1 heterocycles. The van der Waals surface area contributed by atoms with E-state index in [0.717, 1.165) is 32.7 Å². The molecule has 0 radical (unpaired) electrons. The van der Waals surface area contributed by atoms with Gasteiger partial charge in [0.05, 0.1) is 0 Å². The van der Waals surface area contributed by atoms with E-state index in [1.165, 1.54) is 0 Å². The summed E-state index contributed by atoms with van der Waals surface area (Å²) in [4.78, 5) is 20.7. The molecule has 1 fully saturated rings. The minimum absolute atomic E-state index is 0.320. The van der Waals surface area contributed by atoms with Crippen LogP contribution in [0.5, 0.6) is 0 Å². The summed E-state index contributed by atoms with van der Waals surface area (Å²) < 4.78 is 2.58. The molecule has 0 N–H and O–H groups in total. The summed E-state index contributed by atoms with van der Waals surface area (Å²) in [7, 11) is 4.02. The second-order valence-electron chi connectivity index (χ2n) is 4.56. The van der Waals surface area contributed by atoms with Gasteiger partial charge in [0.25, 0.3) is 0 Å². The molecule has 0 unspecified atom stereocenters. The molecule has 0 saturated carbocycles. The molecular formula is C11H24IN3O. The van der Waals surface area contributed by atoms with Gasteiger partial charge in [-0.05, 0) is 0 Å². The van der Waals surface area contributed by atoms with Gasteiger partial charge < -0.3 is 0 Å². The Bertz CT molecular complexity index is 225. The summed E-state index contributed by atoms with van der Waals surface area (Å²) >= 11 is -0.816. The van der Waals surface area contributed by atoms with Crippen molar-refractivity contribution < 1.29 is 4.79 Å². The van der Waals surface area contributed by atoms with Crippen molar-refractivity contribution in [2.75, 3.05) is 56.7 Å². The first kappa shape index (κ1) is 14.2. The number of hydrogen-bond acceptors (Lipinski definition) is 3. The van der Waals surface area contributed by atoms with Crippen LogP contribution >= 0.6 is 20.1 Å². The molecule has 4 nitrogen and oxygen atoms in total. The number of amides is 1. The van der Waals surface area contributed by atoms with E-state index >= 15 is 0 Å². The fourth-order valence-corrected chi connectivity index (χ4v) is 4.11. The van der Waals surface area contributed by atoms with Gasteiger partial charge in [0, 0.05) is 0 Å². The summed E-state index contributed by atoms with van der Waals surface area (Å²) in [5.41, 5.74) is 0. The molecule has 16 heavy (non-hydrogen) atoms. The molecule has 0 aliphatic carbocycles. The van der Waals surface area contributed by atoms with Crippen LogP contribution < -0.4 is 0 Å². The van der Waals surface area contributed by atoms with Gasteiger partial charge in [0.2, 0.25) is 0 Å². The average Bonchev–Trinajstić information content (AvgIpc) is 2.26. The average molecular weight is 341 g/mol. The zero-order chi connectivity index (χ0) is 12.1. The summed E-state index contributed by atoms with van der Waals surface area (Å²) in [6.07, 6.45) is 0.660. The molecule has 5 heteroatoms. The molecule has 0 aromatic heterocycles. The normalized spacial score (nSPS) is 19.1. The van der Waals surface area contributed by atoms with E-state index in [0.29, 0.717) is 12.3 Å². The fourth-order valence-electron chi connectivity index (χ4n) is 1.75. The number of carbonyl (C=O) groups excluding carboxylic acids is 1. The van der Waals surface area contributed by atoms with E-state index in [4.69, 9.17) is 0 Å². The number of nitrogens with zero attached hydrogens (tertiary/aromatic N) is 3. The molecule has 1 rings (SSSR count). The Balaban J connectivity index is 2.27. The van der Waals surface area contributed by atoms with Crippen LogP contribution in [-0.2, 0) is 4.79 Å². The van der Waals surface area contributed by atoms with Crippen molar-refractivity contribution in [1.29, 1.82) is 0 Å². The van der Waals surface area contributed by atoms with Crippen molar-refractivity contribution in [1.82, 2.24) is 12.9 Å². The molecule has 1 aliphatic rings. The van der Waals surface area contributed by atoms with Gasteiger partial charge in [-0.2, -0.15) is 0 Å². The minimum atomic E-state index is -0.816. The Morgan fingerprint density at radius 2 is 1.75 bits per heavy atom. The van der Waals surface area contributed by atoms with Crippen LogP contribution in [0.25, 0.3) is 0 Å². The first-order valence-corrected chi connectivity index (χ1v) is 11.0. The number of halogens is 1. The maximum atomic E-state index is 11.9. The number of hydrogen-bond donors (Lipinski definition) is 0. The Hall–Kier alpha value is 0.120. The van der Waals surface area contributed by atoms with Gasteiger partial charge in [0.1, 0.15) is 0 Å². The van der Waals surface area contributed by atoms with Crippen LogP contribution in [0.4, 0.5) is 0 Å². The van der Waals surface area contributed by atoms with Crippen LogP contribution in [0.3, 0.4) is 0 Å². The zero-order valence-electron chi connectivity index (χ0n) is 10.9. The SMILES string of the molecule is CN(C)CCC(=O)N1CCN(I(C)C)CC1. The molecule has 1 aliphatic heterocycles. The van der Waals surface area contributed by atoms with E-state index in [2.05, 4.69) is 17.9 Å². The van der Waals surface area contributed by atoms with E-state index in [9.17, 15) is 4.79 Å². The molecule has 0 spiro atoms. The number of rotatable bonds is 4. The zero-order valence-corrected chi connectivity index (χ0v) is 13.0. The van der Waals surface area contributed by atoms with Crippen molar-refractivity contribution in [2.24, 2.45) is 0 Å². The van der Waals surface area contributed by atoms with Crippen molar-refractivity contribution in [3.05, 3.63) is 0 Å². The van der Waals surface area contributed by atoms with Gasteiger partial charge in [-0.3, -0.25) is 0 Å². The molecule has 96 valence electrons. The van der Waals surface area contributed by atoms with Crippen molar-refractivity contribution >= 4 is 26.0 Å². The van der Waals surface area contributed by atoms with Gasteiger partial charge >= 0.3 is 107 Å². The molecule has 1 amide bonds. The Morgan fingerprint density at radius 3 is 2.19 bits per heavy atom. The Labute approximate surface area is 107 Å². The molecule has 0 aromatic rings. The van der Waals surface area contributed by atoms with Gasteiger partial charge in [0.15, 0.2) is 0 Å². The third-order valence-electron chi connectivity index (χ3n) is 2.83. The number of alkyl halides is 2. The van der Waals surface area contributed by atoms with Crippen LogP contribution in [0.2, 0.25) is 0 Å². The summed E-state index contributed by atoms with van der Waals surface area (Å²) in [5, 5.41) is 0. The maximum absolute atomic E-state index is 11.9. The predicted molar refractivity (Wildman–Crippen MR) is 77.2 cm³/mol. The quantitative estimate of drug-likeness (QED) is 0.429. The first-order valence-electron chi connectivity index (χ1n) is 5.68. The van der Waals surface area contributed by atoms with Gasteiger partial charge in [-0.15, -0.1) is 0 Å². The molecular weight excluding hydrogens is 317 g/mol. The van der Waals surface area contributed by atoms with Crippen molar-refractivity contribution in [3.8, 4) is 0 Å². The number of piperazine rings is 1. The molecule has 0 atom stereocenters. The van der Waals surface area contributed by atoms with Crippen LogP contribution in [0.15, 0.2) is 0 Å². The summed E-state index contributed by atoms with van der Waals surface area (Å²) in [6.45, 7) is 4.90. The Morgan fingerprint density at radius 1 is 1.19 bits per heavy atom. The molecule has 0 bridgehead atoms. The van der Waals surface area contributed by atoms with E-state index < -0.39 is 20.1 Å². The second-order valence-corrected chi connectivity index (χ2v) is 10.0. The topological polar surface area (TPSA) is 26.8 Å². The monoisotopic (exact) mass is 341 g/mol. The van der Waals surface area contributed by atoms with Crippen LogP contribution in [-0.4, -0.2) is 75.5 Å². The van der Waals surface area contributed by atoms with Crippen LogP contribution in [0, 0.1) is 0 Å². The van der Waals surface area contributed by atoms with Crippen molar-refractivity contribution in [2.45, 2.75) is 6.42 Å². The fraction of sp³-hybridized carbons (Fsp3) is 0.909. The van der Waals surface area contributed by atoms with Gasteiger partial charge in [-0.1, -0.05) is 0 Å². The summed E-state index contributed by atoms with van der Waals surface area (Å²) in [5.74, 6) is 0.320. The van der Waals surface area contributed by atoms with Crippen molar-refractivity contribution in [3.63, 3.8) is 0 Å². The third kappa shape index (κ3) is 4.55. The van der Waals surface area contributed by atoms with Gasteiger partial charge in [-0.25, -0.2) is 0 Å². The Kier molecular flexibility index (Phi) is 5.99.